The lowest BCUT2D eigenvalue weighted by molar-refractivity contribution is -0.137. The smallest absolute Gasteiger partial charge is 0.379 e. The number of rotatable bonds is 3. The van der Waals surface area contributed by atoms with Crippen molar-refractivity contribution in [2.75, 3.05) is 19.0 Å². The summed E-state index contributed by atoms with van der Waals surface area (Å²) in [5.41, 5.74) is 0.628. The van der Waals surface area contributed by atoms with Crippen molar-refractivity contribution < 1.29 is 17.9 Å². The number of halogens is 4. The fourth-order valence-corrected chi connectivity index (χ4v) is 4.39. The molecule has 4 nitrogen and oxygen atoms in total. The van der Waals surface area contributed by atoms with Crippen molar-refractivity contribution in [1.82, 2.24) is 0 Å². The monoisotopic (exact) mass is 427 g/mol. The molecule has 3 rings (SSSR count). The minimum atomic E-state index is -4.53. The highest BCUT2D eigenvalue weighted by molar-refractivity contribution is 8.14. The summed E-state index contributed by atoms with van der Waals surface area (Å²) in [6, 6.07) is 9.29. The van der Waals surface area contributed by atoms with Gasteiger partial charge in [-0.05, 0) is 35.1 Å². The predicted molar refractivity (Wildman–Crippen MR) is 111 cm³/mol. The number of para-hydroxylation sites is 1. The van der Waals surface area contributed by atoms with E-state index in [0.717, 1.165) is 11.0 Å². The first-order valence-electron chi connectivity index (χ1n) is 8.25. The maximum Gasteiger partial charge on any atom is 0.417 e. The number of ether oxygens (including phenoxy) is 1. The van der Waals surface area contributed by atoms with E-state index in [4.69, 9.17) is 16.3 Å². The van der Waals surface area contributed by atoms with E-state index >= 15 is 0 Å². The molecule has 1 unspecified atom stereocenters. The van der Waals surface area contributed by atoms with Gasteiger partial charge in [0.15, 0.2) is 0 Å². The zero-order chi connectivity index (χ0) is 20.3. The van der Waals surface area contributed by atoms with Crippen molar-refractivity contribution in [3.05, 3.63) is 47.0 Å². The Morgan fingerprint density at radius 2 is 1.93 bits per heavy atom. The van der Waals surface area contributed by atoms with Crippen LogP contribution in [0.25, 0.3) is 11.1 Å². The second kappa shape index (κ2) is 8.46. The molecule has 0 bridgehead atoms. The predicted octanol–water partition coefficient (Wildman–Crippen LogP) is 5.89. The largest absolute Gasteiger partial charge is 0.417 e. The molecule has 1 N–H and O–H groups in total. The molecule has 2 aromatic rings. The molecule has 148 valence electrons. The summed E-state index contributed by atoms with van der Waals surface area (Å²) in [6.45, 7) is 2.19. The van der Waals surface area contributed by atoms with Crippen LogP contribution in [-0.2, 0) is 10.9 Å². The van der Waals surface area contributed by atoms with Crippen molar-refractivity contribution in [3.8, 4) is 11.1 Å². The number of nitrogens with zero attached hydrogens (tertiary/aromatic N) is 2. The van der Waals surface area contributed by atoms with Crippen LogP contribution < -0.4 is 5.32 Å². The third-order valence-electron chi connectivity index (χ3n) is 3.95. The van der Waals surface area contributed by atoms with Crippen molar-refractivity contribution in [2.45, 2.75) is 18.0 Å². The Kier molecular flexibility index (Phi) is 6.22. The molecule has 0 saturated heterocycles. The number of methoxy groups -OCH3 is 1. The number of aliphatic imine (C=N–C) groups is 1. The molecule has 1 heterocycles. The first-order valence-corrected chi connectivity index (χ1v) is 9.88. The molecule has 0 spiro atoms. The van der Waals surface area contributed by atoms with Gasteiger partial charge in [0, 0.05) is 29.3 Å². The molecule has 0 fully saturated rings. The molecule has 28 heavy (non-hydrogen) atoms. The van der Waals surface area contributed by atoms with E-state index < -0.39 is 22.4 Å². The van der Waals surface area contributed by atoms with E-state index in [0.29, 0.717) is 29.4 Å². The van der Waals surface area contributed by atoms with E-state index in [1.807, 2.05) is 18.4 Å². The van der Waals surface area contributed by atoms with Gasteiger partial charge in [0.05, 0.1) is 22.9 Å². The van der Waals surface area contributed by atoms with E-state index in [9.17, 15) is 13.2 Å². The van der Waals surface area contributed by atoms with Crippen LogP contribution >= 0.6 is 22.3 Å². The Hall–Kier alpha value is -2.16. The van der Waals surface area contributed by atoms with Gasteiger partial charge in [-0.25, -0.2) is 4.99 Å². The normalized spacial score (nSPS) is 16.8. The lowest BCUT2D eigenvalue weighted by Crippen LogP contribution is -2.15. The third kappa shape index (κ3) is 4.14. The summed E-state index contributed by atoms with van der Waals surface area (Å²) in [4.78, 5) is 5.11. The molecule has 0 aliphatic carbocycles. The van der Waals surface area contributed by atoms with Crippen LogP contribution in [0, 0.1) is 0 Å². The Morgan fingerprint density at radius 3 is 2.61 bits per heavy atom. The van der Waals surface area contributed by atoms with Crippen LogP contribution in [0.2, 0.25) is 5.02 Å². The summed E-state index contributed by atoms with van der Waals surface area (Å²) >= 11 is 6.15. The molecule has 1 aliphatic heterocycles. The maximum absolute atomic E-state index is 13.3. The highest BCUT2D eigenvalue weighted by Gasteiger charge is 2.34. The summed E-state index contributed by atoms with van der Waals surface area (Å²) in [7, 11) is 0.957. The van der Waals surface area contributed by atoms with E-state index in [1.54, 1.807) is 31.5 Å². The molecular weight excluding hydrogens is 411 g/mol. The fourth-order valence-electron chi connectivity index (χ4n) is 2.73. The summed E-state index contributed by atoms with van der Waals surface area (Å²) in [5.74, 6) is 0.363. The van der Waals surface area contributed by atoms with Gasteiger partial charge in [0.25, 0.3) is 0 Å². The van der Waals surface area contributed by atoms with Crippen LogP contribution in [0.1, 0.15) is 12.5 Å². The summed E-state index contributed by atoms with van der Waals surface area (Å²) in [5, 5.41) is 4.70. The number of fused-ring (bicyclic) bond motifs is 1. The van der Waals surface area contributed by atoms with Crippen LogP contribution in [0.15, 0.2) is 50.7 Å². The summed E-state index contributed by atoms with van der Waals surface area (Å²) < 4.78 is 49.3. The van der Waals surface area contributed by atoms with Gasteiger partial charge in [-0.3, -0.25) is 0 Å². The summed E-state index contributed by atoms with van der Waals surface area (Å²) in [6.07, 6.45) is -2.97. The Bertz CT molecular complexity index is 987. The molecule has 1 atom stereocenters. The number of hydrogen-bond acceptors (Lipinski definition) is 4. The minimum absolute atomic E-state index is 0.294. The average Bonchev–Trinajstić information content (AvgIpc) is 2.66. The van der Waals surface area contributed by atoms with Gasteiger partial charge in [-0.2, -0.15) is 17.6 Å². The molecule has 1 aliphatic rings. The Morgan fingerprint density at radius 1 is 1.21 bits per heavy atom. The molecule has 0 radical (unpaired) electrons. The maximum atomic E-state index is 13.3. The van der Waals surface area contributed by atoms with E-state index in [2.05, 4.69) is 14.7 Å². The Balaban J connectivity index is 2.14. The Labute approximate surface area is 168 Å². The highest BCUT2D eigenvalue weighted by Crippen LogP contribution is 2.46. The zero-order valence-corrected chi connectivity index (χ0v) is 16.6. The minimum Gasteiger partial charge on any atom is -0.379 e. The van der Waals surface area contributed by atoms with Gasteiger partial charge < -0.3 is 10.1 Å². The average molecular weight is 428 g/mol. The number of nitrogens with one attached hydrogen (secondary N) is 1. The molecule has 9 heteroatoms. The number of guanidine groups is 1. The number of benzene rings is 2. The number of alkyl halides is 3. The molecular formula is C19H17ClF3N3OS. The second-order valence-electron chi connectivity index (χ2n) is 5.70. The zero-order valence-electron chi connectivity index (χ0n) is 15.0. The van der Waals surface area contributed by atoms with Crippen molar-refractivity contribution in [2.24, 2.45) is 9.39 Å². The van der Waals surface area contributed by atoms with Crippen LogP contribution in [-0.4, -0.2) is 31.3 Å². The lowest BCUT2D eigenvalue weighted by atomic mass is 10.0. The standard InChI is InChI=1S/C19H17ClF3N3OS/c1-3-28-15-9-5-7-13(17(15)25-18(26-28)24-10-11-27-2)12-6-4-8-14(16(12)20)19(21,22)23/h3-10H,11H2,1-2H3,(H,25,26)/b24-10+. The van der Waals surface area contributed by atoms with Gasteiger partial charge in [-0.15, -0.1) is 0 Å². The van der Waals surface area contributed by atoms with Gasteiger partial charge in [-0.1, -0.05) is 35.9 Å². The van der Waals surface area contributed by atoms with Crippen molar-refractivity contribution >= 4 is 45.5 Å². The fraction of sp³-hybridized carbons (Fsp3) is 0.211. The van der Waals surface area contributed by atoms with E-state index in [1.165, 1.54) is 6.07 Å². The van der Waals surface area contributed by atoms with Crippen LogP contribution in [0.5, 0.6) is 0 Å². The lowest BCUT2D eigenvalue weighted by Gasteiger charge is -2.22. The second-order valence-corrected chi connectivity index (χ2v) is 7.80. The first kappa shape index (κ1) is 20.6. The molecule has 0 amide bonds. The van der Waals surface area contributed by atoms with Crippen LogP contribution in [0.3, 0.4) is 0 Å². The highest BCUT2D eigenvalue weighted by atomic mass is 35.5. The van der Waals surface area contributed by atoms with Crippen LogP contribution in [0.4, 0.5) is 18.9 Å². The quantitative estimate of drug-likeness (QED) is 0.490. The van der Waals surface area contributed by atoms with Gasteiger partial charge >= 0.3 is 6.18 Å². The third-order valence-corrected chi connectivity index (χ3v) is 5.96. The topological polar surface area (TPSA) is 46.0 Å². The SMILES string of the molecule is C/C=S1N=C(/N=C/COC)Nc2c(-c3cccc(C(F)(F)F)c3Cl)cccc2\1. The molecule has 0 saturated carbocycles. The van der Waals surface area contributed by atoms with Crippen molar-refractivity contribution in [3.63, 3.8) is 0 Å². The first-order chi connectivity index (χ1) is 13.4. The number of hydrogen-bond donors (Lipinski definition) is 1. The molecule has 0 aromatic heterocycles. The molecule has 2 aromatic carbocycles. The van der Waals surface area contributed by atoms with Gasteiger partial charge in [0.2, 0.25) is 5.96 Å². The number of anilines is 1. The van der Waals surface area contributed by atoms with Gasteiger partial charge in [0.1, 0.15) is 0 Å². The van der Waals surface area contributed by atoms with Crippen molar-refractivity contribution in [1.29, 1.82) is 0 Å². The van der Waals surface area contributed by atoms with E-state index in [-0.39, 0.29) is 5.02 Å².